The molecule has 4 nitrogen and oxygen atoms in total. The van der Waals surface area contributed by atoms with Crippen molar-refractivity contribution in [3.05, 3.63) is 39.4 Å². The lowest BCUT2D eigenvalue weighted by Crippen LogP contribution is -2.01. The second-order valence-corrected chi connectivity index (χ2v) is 4.73. The minimum Gasteiger partial charge on any atom is -0.476 e. The Bertz CT molecular complexity index is 551. The van der Waals surface area contributed by atoms with E-state index in [2.05, 4.69) is 10.3 Å². The van der Waals surface area contributed by atoms with Gasteiger partial charge in [-0.1, -0.05) is 29.3 Å². The van der Waals surface area contributed by atoms with Crippen molar-refractivity contribution >= 4 is 51.2 Å². The van der Waals surface area contributed by atoms with Crippen molar-refractivity contribution in [3.63, 3.8) is 0 Å². The van der Waals surface area contributed by atoms with Crippen LogP contribution in [-0.2, 0) is 0 Å². The van der Waals surface area contributed by atoms with Gasteiger partial charge in [0.15, 0.2) is 5.69 Å². The molecule has 88 valence electrons. The number of benzene rings is 1. The van der Waals surface area contributed by atoms with Gasteiger partial charge in [0, 0.05) is 0 Å². The molecule has 1 aromatic heterocycles. The quantitative estimate of drug-likeness (QED) is 0.899. The summed E-state index contributed by atoms with van der Waals surface area (Å²) in [6, 6.07) is 5.04. The maximum atomic E-state index is 10.9. The van der Waals surface area contributed by atoms with Crippen LogP contribution in [0.15, 0.2) is 23.7 Å². The van der Waals surface area contributed by atoms with Crippen molar-refractivity contribution < 1.29 is 9.90 Å². The number of nitrogens with zero attached hydrogens (tertiary/aromatic N) is 1. The summed E-state index contributed by atoms with van der Waals surface area (Å²) in [6.07, 6.45) is 0. The van der Waals surface area contributed by atoms with Gasteiger partial charge >= 0.3 is 5.97 Å². The smallest absolute Gasteiger partial charge is 0.357 e. The van der Waals surface area contributed by atoms with E-state index in [0.29, 0.717) is 20.7 Å². The minimum absolute atomic E-state index is 0.0500. The summed E-state index contributed by atoms with van der Waals surface area (Å²) >= 11 is 13.1. The fraction of sp³-hybridized carbons (Fsp3) is 0. The topological polar surface area (TPSA) is 62.2 Å². The van der Waals surface area contributed by atoms with E-state index in [1.165, 1.54) is 16.8 Å². The summed E-state index contributed by atoms with van der Waals surface area (Å²) < 4.78 is 0. The Morgan fingerprint density at radius 3 is 2.59 bits per heavy atom. The summed E-state index contributed by atoms with van der Waals surface area (Å²) in [5.74, 6) is -1.10. The fourth-order valence-corrected chi connectivity index (χ4v) is 2.39. The molecule has 0 radical (unpaired) electrons. The number of thiazole rings is 1. The van der Waals surface area contributed by atoms with Gasteiger partial charge in [-0.05, 0) is 12.1 Å². The van der Waals surface area contributed by atoms with Crippen molar-refractivity contribution in [2.45, 2.75) is 0 Å². The van der Waals surface area contributed by atoms with Crippen molar-refractivity contribution in [2.24, 2.45) is 0 Å². The minimum atomic E-state index is -1.10. The monoisotopic (exact) mass is 288 g/mol. The molecule has 1 heterocycles. The number of para-hydroxylation sites is 1. The summed E-state index contributed by atoms with van der Waals surface area (Å²) in [6.45, 7) is 0. The first-order valence-electron chi connectivity index (χ1n) is 4.47. The number of aromatic nitrogens is 1. The van der Waals surface area contributed by atoms with Gasteiger partial charge in [0.2, 0.25) is 0 Å². The van der Waals surface area contributed by atoms with Crippen LogP contribution in [0.5, 0.6) is 0 Å². The number of carboxylic acids is 1. The zero-order valence-electron chi connectivity index (χ0n) is 8.28. The van der Waals surface area contributed by atoms with Crippen LogP contribution in [0.2, 0.25) is 10.0 Å². The molecule has 2 N–H and O–H groups in total. The average molecular weight is 289 g/mol. The molecule has 2 rings (SSSR count). The summed E-state index contributed by atoms with van der Waals surface area (Å²) in [7, 11) is 0. The number of hydrogen-bond acceptors (Lipinski definition) is 4. The zero-order valence-corrected chi connectivity index (χ0v) is 10.6. The van der Waals surface area contributed by atoms with E-state index in [1.807, 2.05) is 0 Å². The number of nitrogens with one attached hydrogen (secondary N) is 1. The van der Waals surface area contributed by atoms with Gasteiger partial charge in [-0.15, -0.1) is 11.3 Å². The van der Waals surface area contributed by atoms with E-state index in [4.69, 9.17) is 28.3 Å². The zero-order chi connectivity index (χ0) is 12.4. The molecule has 7 heteroatoms. The molecule has 0 saturated heterocycles. The van der Waals surface area contributed by atoms with Crippen LogP contribution in [0, 0.1) is 0 Å². The van der Waals surface area contributed by atoms with Crippen LogP contribution in [-0.4, -0.2) is 16.1 Å². The van der Waals surface area contributed by atoms with Gasteiger partial charge in [-0.2, -0.15) is 0 Å². The van der Waals surface area contributed by atoms with Gasteiger partial charge in [-0.3, -0.25) is 0 Å². The predicted octanol–water partition coefficient (Wildman–Crippen LogP) is 3.89. The first kappa shape index (κ1) is 12.2. The van der Waals surface area contributed by atoms with Crippen molar-refractivity contribution in [3.8, 4) is 0 Å². The third kappa shape index (κ3) is 2.52. The third-order valence-electron chi connectivity index (χ3n) is 1.97. The molecule has 17 heavy (non-hydrogen) atoms. The van der Waals surface area contributed by atoms with Crippen molar-refractivity contribution in [1.82, 2.24) is 4.98 Å². The van der Waals surface area contributed by atoms with E-state index in [1.54, 1.807) is 18.2 Å². The van der Waals surface area contributed by atoms with Gasteiger partial charge in [-0.25, -0.2) is 9.78 Å². The lowest BCUT2D eigenvalue weighted by Gasteiger charge is -2.08. The van der Waals surface area contributed by atoms with Crippen LogP contribution >= 0.6 is 34.5 Å². The lowest BCUT2D eigenvalue weighted by atomic mass is 10.3. The SMILES string of the molecule is O=C(O)c1ncsc1Nc1c(Cl)cccc1Cl. The molecule has 0 atom stereocenters. The number of halogens is 2. The summed E-state index contributed by atoms with van der Waals surface area (Å²) in [5.41, 5.74) is 1.87. The number of carbonyl (C=O) groups is 1. The molecule has 0 aliphatic carbocycles. The van der Waals surface area contributed by atoms with E-state index in [-0.39, 0.29) is 5.69 Å². The molecule has 1 aromatic carbocycles. The second-order valence-electron chi connectivity index (χ2n) is 3.06. The molecule has 2 aromatic rings. The summed E-state index contributed by atoms with van der Waals surface area (Å²) in [5, 5.41) is 13.0. The maximum Gasteiger partial charge on any atom is 0.357 e. The molecule has 0 amide bonds. The Morgan fingerprint density at radius 2 is 2.00 bits per heavy atom. The van der Waals surface area contributed by atoms with Crippen LogP contribution in [0.4, 0.5) is 10.7 Å². The van der Waals surface area contributed by atoms with Crippen molar-refractivity contribution in [1.29, 1.82) is 0 Å². The molecule has 0 aliphatic heterocycles. The molecule has 0 bridgehead atoms. The Hall–Kier alpha value is -1.30. The van der Waals surface area contributed by atoms with Gasteiger partial charge in [0.1, 0.15) is 5.00 Å². The van der Waals surface area contributed by atoms with Gasteiger partial charge < -0.3 is 10.4 Å². The van der Waals surface area contributed by atoms with Crippen LogP contribution in [0.1, 0.15) is 10.5 Å². The fourth-order valence-electron chi connectivity index (χ4n) is 1.22. The van der Waals surface area contributed by atoms with E-state index >= 15 is 0 Å². The number of carboxylic acid groups (broad SMARTS) is 1. The highest BCUT2D eigenvalue weighted by molar-refractivity contribution is 7.14. The molecule has 0 unspecified atom stereocenters. The lowest BCUT2D eigenvalue weighted by molar-refractivity contribution is 0.0692. The number of aromatic carboxylic acids is 1. The highest BCUT2D eigenvalue weighted by Crippen LogP contribution is 2.34. The van der Waals surface area contributed by atoms with Crippen LogP contribution < -0.4 is 5.32 Å². The maximum absolute atomic E-state index is 10.9. The van der Waals surface area contributed by atoms with Crippen LogP contribution in [0.25, 0.3) is 0 Å². The van der Waals surface area contributed by atoms with E-state index in [9.17, 15) is 4.79 Å². The standard InChI is InChI=1S/C10H6Cl2N2O2S/c11-5-2-1-3-6(12)7(5)14-9-8(10(15)16)13-4-17-9/h1-4,14H,(H,15,16). The largest absolute Gasteiger partial charge is 0.476 e. The molecule has 0 aliphatic rings. The Labute approximate surface area is 111 Å². The second kappa shape index (κ2) is 4.91. The van der Waals surface area contributed by atoms with Crippen LogP contribution in [0.3, 0.4) is 0 Å². The number of hydrogen-bond donors (Lipinski definition) is 2. The molecule has 0 spiro atoms. The molecule has 0 saturated carbocycles. The Kier molecular flexibility index (Phi) is 3.51. The van der Waals surface area contributed by atoms with E-state index in [0.717, 1.165) is 0 Å². The number of rotatable bonds is 3. The highest BCUT2D eigenvalue weighted by atomic mass is 35.5. The first-order valence-corrected chi connectivity index (χ1v) is 6.11. The highest BCUT2D eigenvalue weighted by Gasteiger charge is 2.15. The number of anilines is 2. The van der Waals surface area contributed by atoms with Gasteiger partial charge in [0.05, 0.1) is 21.2 Å². The Morgan fingerprint density at radius 1 is 1.35 bits per heavy atom. The average Bonchev–Trinajstić information content (AvgIpc) is 2.72. The first-order chi connectivity index (χ1) is 8.09. The Balaban J connectivity index is 2.38. The molecule has 0 fully saturated rings. The summed E-state index contributed by atoms with van der Waals surface area (Å²) in [4.78, 5) is 14.6. The van der Waals surface area contributed by atoms with Crippen molar-refractivity contribution in [2.75, 3.05) is 5.32 Å². The van der Waals surface area contributed by atoms with Gasteiger partial charge in [0.25, 0.3) is 0 Å². The normalized spacial score (nSPS) is 10.2. The third-order valence-corrected chi connectivity index (χ3v) is 3.34. The van der Waals surface area contributed by atoms with E-state index < -0.39 is 5.97 Å². The molecular formula is C10H6Cl2N2O2S. The predicted molar refractivity (Wildman–Crippen MR) is 68.8 cm³/mol. The molecular weight excluding hydrogens is 283 g/mol.